The molecular weight excluding hydrogens is 278 g/mol. The average Bonchev–Trinajstić information content (AvgIpc) is 3.08. The Bertz CT molecular complexity index is 424. The Balaban J connectivity index is 1.60. The van der Waals surface area contributed by atoms with Gasteiger partial charge in [-0.15, -0.1) is 0 Å². The lowest BCUT2D eigenvalue weighted by Gasteiger charge is -2.40. The number of aliphatic hydroxyl groups is 1. The summed E-state index contributed by atoms with van der Waals surface area (Å²) in [6.45, 7) is 8.17. The third-order valence-corrected chi connectivity index (χ3v) is 5.74. The second-order valence-corrected chi connectivity index (χ2v) is 8.09. The zero-order valence-electron chi connectivity index (χ0n) is 14.2. The summed E-state index contributed by atoms with van der Waals surface area (Å²) in [5, 5.41) is 10.9. The fourth-order valence-electron chi connectivity index (χ4n) is 4.57. The van der Waals surface area contributed by atoms with Crippen molar-refractivity contribution in [3.05, 3.63) is 0 Å². The van der Waals surface area contributed by atoms with E-state index in [1.807, 2.05) is 4.90 Å². The van der Waals surface area contributed by atoms with Crippen molar-refractivity contribution in [2.45, 2.75) is 44.6 Å². The Hall–Kier alpha value is -0.650. The number of hydrogen-bond acceptors (Lipinski definition) is 4. The molecular formula is C17H31N3O2. The van der Waals surface area contributed by atoms with Crippen LogP contribution >= 0.6 is 0 Å². The molecule has 0 saturated carbocycles. The van der Waals surface area contributed by atoms with Gasteiger partial charge in [-0.25, -0.2) is 0 Å². The molecule has 0 aromatic rings. The maximum atomic E-state index is 13.0. The van der Waals surface area contributed by atoms with Crippen molar-refractivity contribution in [2.75, 3.05) is 52.9 Å². The molecule has 0 spiro atoms. The molecule has 0 bridgehead atoms. The molecule has 3 saturated heterocycles. The van der Waals surface area contributed by atoms with Crippen LogP contribution < -0.4 is 0 Å². The summed E-state index contributed by atoms with van der Waals surface area (Å²) < 4.78 is 0. The topological polar surface area (TPSA) is 47.0 Å². The molecule has 0 aromatic carbocycles. The van der Waals surface area contributed by atoms with Crippen molar-refractivity contribution in [1.29, 1.82) is 0 Å². The normalized spacial score (nSPS) is 37.9. The highest BCUT2D eigenvalue weighted by molar-refractivity contribution is 5.83. The van der Waals surface area contributed by atoms with E-state index >= 15 is 0 Å². The van der Waals surface area contributed by atoms with E-state index < -0.39 is 5.60 Å². The van der Waals surface area contributed by atoms with Gasteiger partial charge in [0.15, 0.2) is 0 Å². The largest absolute Gasteiger partial charge is 0.387 e. The highest BCUT2D eigenvalue weighted by Crippen LogP contribution is 2.34. The fraction of sp³-hybridized carbons (Fsp3) is 0.941. The molecule has 3 rings (SSSR count). The standard InChI is InChI=1S/C17H31N3O2/c1-16(6-5-8-18(2)12-16)15(21)20-11-7-17(22,14-20)13-19-9-3-4-10-19/h22H,3-14H2,1-2H3/t16-,17+/m1/s1. The van der Waals surface area contributed by atoms with Crippen molar-refractivity contribution in [3.63, 3.8) is 0 Å². The first kappa shape index (κ1) is 16.2. The Morgan fingerprint density at radius 1 is 1.05 bits per heavy atom. The van der Waals surface area contributed by atoms with Crippen LogP contribution in [0.1, 0.15) is 39.0 Å². The van der Waals surface area contributed by atoms with Crippen LogP contribution in [0.25, 0.3) is 0 Å². The van der Waals surface area contributed by atoms with Gasteiger partial charge in [0.25, 0.3) is 0 Å². The molecule has 1 N–H and O–H groups in total. The smallest absolute Gasteiger partial charge is 0.229 e. The fourth-order valence-corrected chi connectivity index (χ4v) is 4.57. The zero-order valence-corrected chi connectivity index (χ0v) is 14.2. The van der Waals surface area contributed by atoms with Crippen LogP contribution in [-0.4, -0.2) is 84.2 Å². The summed E-state index contributed by atoms with van der Waals surface area (Å²) in [5.74, 6) is 0.247. The molecule has 126 valence electrons. The van der Waals surface area contributed by atoms with Gasteiger partial charge in [0.2, 0.25) is 5.91 Å². The Kier molecular flexibility index (Phi) is 4.49. The highest BCUT2D eigenvalue weighted by Gasteiger charge is 2.45. The second kappa shape index (κ2) is 6.10. The summed E-state index contributed by atoms with van der Waals surface area (Å²) in [6.07, 6.45) is 5.26. The summed E-state index contributed by atoms with van der Waals surface area (Å²) in [6, 6.07) is 0. The molecule has 5 nitrogen and oxygen atoms in total. The summed E-state index contributed by atoms with van der Waals surface area (Å²) in [7, 11) is 2.10. The molecule has 0 aromatic heterocycles. The van der Waals surface area contributed by atoms with Gasteiger partial charge in [-0.2, -0.15) is 0 Å². The SMILES string of the molecule is CN1CCC[C@@](C)(C(=O)N2CC[C@](O)(CN3CCCC3)C2)C1. The molecule has 3 aliphatic rings. The number of rotatable bonds is 3. The number of nitrogens with zero attached hydrogens (tertiary/aromatic N) is 3. The van der Waals surface area contributed by atoms with Gasteiger partial charge < -0.3 is 19.8 Å². The molecule has 3 heterocycles. The minimum absolute atomic E-state index is 0.247. The van der Waals surface area contributed by atoms with Crippen LogP contribution in [0.15, 0.2) is 0 Å². The van der Waals surface area contributed by atoms with Crippen molar-refractivity contribution < 1.29 is 9.90 Å². The Morgan fingerprint density at radius 2 is 1.77 bits per heavy atom. The van der Waals surface area contributed by atoms with Gasteiger partial charge in [0, 0.05) is 19.6 Å². The van der Waals surface area contributed by atoms with Gasteiger partial charge in [0.05, 0.1) is 17.6 Å². The molecule has 22 heavy (non-hydrogen) atoms. The first-order valence-corrected chi connectivity index (χ1v) is 8.83. The zero-order chi connectivity index (χ0) is 15.8. The Labute approximate surface area is 134 Å². The number of carbonyl (C=O) groups excluding carboxylic acids is 1. The van der Waals surface area contributed by atoms with E-state index in [1.54, 1.807) is 0 Å². The van der Waals surface area contributed by atoms with E-state index in [9.17, 15) is 9.90 Å². The van der Waals surface area contributed by atoms with Gasteiger partial charge in [-0.05, 0) is 65.7 Å². The van der Waals surface area contributed by atoms with Gasteiger partial charge >= 0.3 is 0 Å². The maximum absolute atomic E-state index is 13.0. The summed E-state index contributed by atoms with van der Waals surface area (Å²) >= 11 is 0. The van der Waals surface area contributed by atoms with Crippen LogP contribution in [0.2, 0.25) is 0 Å². The van der Waals surface area contributed by atoms with E-state index in [4.69, 9.17) is 0 Å². The highest BCUT2D eigenvalue weighted by atomic mass is 16.3. The van der Waals surface area contributed by atoms with Gasteiger partial charge in [-0.1, -0.05) is 0 Å². The molecule has 3 fully saturated rings. The first-order chi connectivity index (χ1) is 10.4. The van der Waals surface area contributed by atoms with Gasteiger partial charge in [-0.3, -0.25) is 4.79 Å². The van der Waals surface area contributed by atoms with E-state index in [2.05, 4.69) is 23.8 Å². The van der Waals surface area contributed by atoms with E-state index in [0.717, 1.165) is 52.0 Å². The van der Waals surface area contributed by atoms with E-state index in [1.165, 1.54) is 12.8 Å². The van der Waals surface area contributed by atoms with Crippen LogP contribution in [0.3, 0.4) is 0 Å². The van der Waals surface area contributed by atoms with Crippen molar-refractivity contribution in [2.24, 2.45) is 5.41 Å². The maximum Gasteiger partial charge on any atom is 0.229 e. The molecule has 0 unspecified atom stereocenters. The van der Waals surface area contributed by atoms with E-state index in [0.29, 0.717) is 13.1 Å². The number of carbonyl (C=O) groups is 1. The van der Waals surface area contributed by atoms with Crippen molar-refractivity contribution in [3.8, 4) is 0 Å². The second-order valence-electron chi connectivity index (χ2n) is 8.09. The van der Waals surface area contributed by atoms with Crippen LogP contribution in [0.4, 0.5) is 0 Å². The number of amides is 1. The number of likely N-dealkylation sites (tertiary alicyclic amines) is 3. The third-order valence-electron chi connectivity index (χ3n) is 5.74. The van der Waals surface area contributed by atoms with E-state index in [-0.39, 0.29) is 11.3 Å². The monoisotopic (exact) mass is 309 g/mol. The molecule has 1 amide bonds. The lowest BCUT2D eigenvalue weighted by molar-refractivity contribution is -0.144. The van der Waals surface area contributed by atoms with Crippen LogP contribution in [0, 0.1) is 5.41 Å². The predicted molar refractivity (Wildman–Crippen MR) is 86.7 cm³/mol. The molecule has 3 aliphatic heterocycles. The minimum atomic E-state index is -0.697. The summed E-state index contributed by atoms with van der Waals surface area (Å²) in [5.41, 5.74) is -0.969. The first-order valence-electron chi connectivity index (χ1n) is 8.83. The van der Waals surface area contributed by atoms with Crippen LogP contribution in [0.5, 0.6) is 0 Å². The third kappa shape index (κ3) is 3.31. The van der Waals surface area contributed by atoms with Crippen molar-refractivity contribution in [1.82, 2.24) is 14.7 Å². The van der Waals surface area contributed by atoms with Crippen LogP contribution in [-0.2, 0) is 4.79 Å². The predicted octanol–water partition coefficient (Wildman–Crippen LogP) is 0.778. The Morgan fingerprint density at radius 3 is 2.45 bits per heavy atom. The lowest BCUT2D eigenvalue weighted by Crippen LogP contribution is -2.51. The van der Waals surface area contributed by atoms with Gasteiger partial charge in [0.1, 0.15) is 0 Å². The lowest BCUT2D eigenvalue weighted by atomic mass is 9.80. The molecule has 0 radical (unpaired) electrons. The summed E-state index contributed by atoms with van der Waals surface area (Å²) in [4.78, 5) is 19.5. The minimum Gasteiger partial charge on any atom is -0.387 e. The van der Waals surface area contributed by atoms with Crippen molar-refractivity contribution >= 4 is 5.91 Å². The molecule has 0 aliphatic carbocycles. The quantitative estimate of drug-likeness (QED) is 0.837. The number of piperidine rings is 1. The molecule has 2 atom stereocenters. The molecule has 5 heteroatoms. The number of hydrogen-bond donors (Lipinski definition) is 1. The number of β-amino-alcohol motifs (C(OH)–C–C–N with tert-alkyl or cyclic N) is 1. The average molecular weight is 309 g/mol.